The van der Waals surface area contributed by atoms with Gasteiger partial charge in [-0.1, -0.05) is 16.5 Å². The number of fused-ring (bicyclic) bond motifs is 1. The first-order valence-corrected chi connectivity index (χ1v) is 6.39. The first-order valence-electron chi connectivity index (χ1n) is 6.39. The Kier molecular flexibility index (Phi) is 2.81. The zero-order valence-electron chi connectivity index (χ0n) is 10.6. The van der Waals surface area contributed by atoms with Crippen LogP contribution >= 0.6 is 0 Å². The van der Waals surface area contributed by atoms with E-state index in [1.165, 1.54) is 17.1 Å². The topological polar surface area (TPSA) is 85.4 Å². The Hall–Kier alpha value is -2.18. The summed E-state index contributed by atoms with van der Waals surface area (Å²) in [5, 5.41) is 18.4. The maximum atomic E-state index is 10.9. The number of anilines is 1. The largest absolute Gasteiger partial charge is 0.368 e. The molecule has 0 radical (unpaired) electrons. The molecule has 2 heterocycles. The second kappa shape index (κ2) is 4.49. The first-order chi connectivity index (χ1) is 9.13. The quantitative estimate of drug-likeness (QED) is 0.676. The van der Waals surface area contributed by atoms with Gasteiger partial charge in [0.2, 0.25) is 5.65 Å². The molecule has 100 valence electrons. The van der Waals surface area contributed by atoms with E-state index in [2.05, 4.69) is 22.3 Å². The molecule has 0 saturated heterocycles. The fraction of sp³-hybridized carbons (Fsp3) is 0.500. The lowest BCUT2D eigenvalue weighted by Crippen LogP contribution is -2.17. The summed E-state index contributed by atoms with van der Waals surface area (Å²) in [4.78, 5) is 14.3. The van der Waals surface area contributed by atoms with Crippen LogP contribution in [0.15, 0.2) is 18.3 Å². The third-order valence-corrected chi connectivity index (χ3v) is 3.58. The SMILES string of the molecule is CC1CCC(Nc2ccc3ncc([N+](=O)[O-])n3n2)C1. The fourth-order valence-corrected chi connectivity index (χ4v) is 2.61. The number of nitrogens with one attached hydrogen (secondary N) is 1. The lowest BCUT2D eigenvalue weighted by Gasteiger charge is -2.11. The number of imidazole rings is 1. The summed E-state index contributed by atoms with van der Waals surface area (Å²) in [7, 11) is 0. The van der Waals surface area contributed by atoms with Crippen LogP contribution in [-0.4, -0.2) is 25.6 Å². The van der Waals surface area contributed by atoms with Crippen LogP contribution in [0.3, 0.4) is 0 Å². The Morgan fingerprint density at radius 2 is 2.32 bits per heavy atom. The third-order valence-electron chi connectivity index (χ3n) is 3.58. The average Bonchev–Trinajstić information content (AvgIpc) is 2.95. The minimum absolute atomic E-state index is 0.113. The van der Waals surface area contributed by atoms with Crippen LogP contribution in [0.25, 0.3) is 5.65 Å². The molecular weight excluding hydrogens is 246 g/mol. The molecule has 1 aliphatic rings. The van der Waals surface area contributed by atoms with Crippen molar-refractivity contribution in [3.63, 3.8) is 0 Å². The predicted molar refractivity (Wildman–Crippen MR) is 70.1 cm³/mol. The predicted octanol–water partition coefficient (Wildman–Crippen LogP) is 2.24. The van der Waals surface area contributed by atoms with Gasteiger partial charge in [0.1, 0.15) is 6.20 Å². The van der Waals surface area contributed by atoms with E-state index in [0.29, 0.717) is 17.5 Å². The molecule has 0 spiro atoms. The Balaban J connectivity index is 1.88. The lowest BCUT2D eigenvalue weighted by molar-refractivity contribution is -0.391. The van der Waals surface area contributed by atoms with E-state index in [4.69, 9.17) is 0 Å². The standard InChI is InChI=1S/C12H15N5O2/c1-8-2-3-9(6-8)14-10-4-5-11-13-7-12(17(18)19)16(11)15-10/h4-5,7-9H,2-3,6H2,1H3,(H,14,15). The molecule has 1 N–H and O–H groups in total. The van der Waals surface area contributed by atoms with Gasteiger partial charge in [-0.25, -0.2) is 4.98 Å². The molecule has 0 aliphatic heterocycles. The molecule has 3 rings (SSSR count). The van der Waals surface area contributed by atoms with Crippen molar-refractivity contribution < 1.29 is 4.92 Å². The molecule has 2 aromatic heterocycles. The van der Waals surface area contributed by atoms with Crippen molar-refractivity contribution in [2.75, 3.05) is 5.32 Å². The van der Waals surface area contributed by atoms with Crippen LogP contribution < -0.4 is 5.32 Å². The van der Waals surface area contributed by atoms with Crippen LogP contribution in [0.5, 0.6) is 0 Å². The minimum atomic E-state index is -0.478. The van der Waals surface area contributed by atoms with E-state index in [1.54, 1.807) is 6.07 Å². The molecule has 7 heteroatoms. The highest BCUT2D eigenvalue weighted by molar-refractivity contribution is 5.48. The molecule has 2 atom stereocenters. The van der Waals surface area contributed by atoms with Crippen LogP contribution in [-0.2, 0) is 0 Å². The summed E-state index contributed by atoms with van der Waals surface area (Å²) in [5.74, 6) is 1.27. The molecule has 0 aromatic carbocycles. The molecule has 1 aliphatic carbocycles. The Morgan fingerprint density at radius 1 is 1.47 bits per heavy atom. The van der Waals surface area contributed by atoms with Crippen LogP contribution in [0, 0.1) is 16.0 Å². The Bertz CT molecular complexity index is 624. The van der Waals surface area contributed by atoms with E-state index in [-0.39, 0.29) is 5.82 Å². The lowest BCUT2D eigenvalue weighted by atomic mass is 10.1. The van der Waals surface area contributed by atoms with Gasteiger partial charge in [-0.3, -0.25) is 0 Å². The second-order valence-corrected chi connectivity index (χ2v) is 5.12. The van der Waals surface area contributed by atoms with Crippen molar-refractivity contribution in [3.8, 4) is 0 Å². The number of rotatable bonds is 3. The van der Waals surface area contributed by atoms with Gasteiger partial charge in [0.05, 0.1) is 0 Å². The summed E-state index contributed by atoms with van der Waals surface area (Å²) >= 11 is 0. The zero-order valence-corrected chi connectivity index (χ0v) is 10.6. The Labute approximate surface area is 109 Å². The summed E-state index contributed by atoms with van der Waals surface area (Å²) in [6.07, 6.45) is 4.67. The van der Waals surface area contributed by atoms with E-state index in [0.717, 1.165) is 18.8 Å². The van der Waals surface area contributed by atoms with Crippen molar-refractivity contribution in [2.24, 2.45) is 5.92 Å². The number of aromatic nitrogens is 3. The minimum Gasteiger partial charge on any atom is -0.364 e. The summed E-state index contributed by atoms with van der Waals surface area (Å²) in [6, 6.07) is 3.96. The smallest absolute Gasteiger partial charge is 0.364 e. The van der Waals surface area contributed by atoms with Crippen LogP contribution in [0.1, 0.15) is 26.2 Å². The van der Waals surface area contributed by atoms with Crippen molar-refractivity contribution in [1.29, 1.82) is 0 Å². The van der Waals surface area contributed by atoms with Crippen molar-refractivity contribution in [3.05, 3.63) is 28.4 Å². The van der Waals surface area contributed by atoms with Crippen molar-refractivity contribution >= 4 is 17.3 Å². The zero-order chi connectivity index (χ0) is 13.4. The molecule has 2 aromatic rings. The first kappa shape index (κ1) is 11.9. The van der Waals surface area contributed by atoms with Gasteiger partial charge >= 0.3 is 5.82 Å². The maximum absolute atomic E-state index is 10.9. The number of nitrogens with zero attached hydrogens (tertiary/aromatic N) is 4. The highest BCUT2D eigenvalue weighted by Gasteiger charge is 2.22. The number of hydrogen-bond donors (Lipinski definition) is 1. The van der Waals surface area contributed by atoms with Gasteiger partial charge in [-0.15, -0.1) is 0 Å². The summed E-state index contributed by atoms with van der Waals surface area (Å²) in [5.41, 5.74) is 0.483. The molecule has 7 nitrogen and oxygen atoms in total. The maximum Gasteiger partial charge on any atom is 0.368 e. The molecule has 2 unspecified atom stereocenters. The number of nitro groups is 1. The van der Waals surface area contributed by atoms with Crippen LogP contribution in [0.4, 0.5) is 11.6 Å². The fourth-order valence-electron chi connectivity index (χ4n) is 2.61. The second-order valence-electron chi connectivity index (χ2n) is 5.12. The van der Waals surface area contributed by atoms with Crippen LogP contribution in [0.2, 0.25) is 0 Å². The molecule has 19 heavy (non-hydrogen) atoms. The van der Waals surface area contributed by atoms with Gasteiger partial charge < -0.3 is 15.4 Å². The van der Waals surface area contributed by atoms with E-state index >= 15 is 0 Å². The third kappa shape index (κ3) is 2.23. The van der Waals surface area contributed by atoms with Crippen molar-refractivity contribution in [1.82, 2.24) is 14.6 Å². The molecule has 1 fully saturated rings. The molecule has 0 amide bonds. The van der Waals surface area contributed by atoms with Gasteiger partial charge in [0.25, 0.3) is 0 Å². The molecule has 0 bridgehead atoms. The number of hydrogen-bond acceptors (Lipinski definition) is 5. The van der Waals surface area contributed by atoms with E-state index < -0.39 is 4.92 Å². The Morgan fingerprint density at radius 3 is 3.00 bits per heavy atom. The van der Waals surface area contributed by atoms with E-state index in [1.807, 2.05) is 6.07 Å². The molecular formula is C12H15N5O2. The van der Waals surface area contributed by atoms with E-state index in [9.17, 15) is 10.1 Å². The van der Waals surface area contributed by atoms with Gasteiger partial charge in [0, 0.05) is 12.1 Å². The highest BCUT2D eigenvalue weighted by atomic mass is 16.6. The van der Waals surface area contributed by atoms with Gasteiger partial charge in [-0.05, 0) is 36.2 Å². The normalized spacial score (nSPS) is 22.8. The van der Waals surface area contributed by atoms with Crippen molar-refractivity contribution in [2.45, 2.75) is 32.2 Å². The van der Waals surface area contributed by atoms with Gasteiger partial charge in [0.15, 0.2) is 5.82 Å². The monoisotopic (exact) mass is 261 g/mol. The average molecular weight is 261 g/mol. The van der Waals surface area contributed by atoms with Gasteiger partial charge in [-0.2, -0.15) is 0 Å². The highest BCUT2D eigenvalue weighted by Crippen LogP contribution is 2.27. The molecule has 1 saturated carbocycles. The summed E-state index contributed by atoms with van der Waals surface area (Å²) in [6.45, 7) is 2.24. The summed E-state index contributed by atoms with van der Waals surface area (Å²) < 4.78 is 1.26.